The number of benzene rings is 1. The minimum absolute atomic E-state index is 0.0132. The van der Waals surface area contributed by atoms with Gasteiger partial charge in [-0.3, -0.25) is 0 Å². The van der Waals surface area contributed by atoms with E-state index in [1.165, 1.54) is 25.4 Å². The third-order valence-corrected chi connectivity index (χ3v) is 3.39. The van der Waals surface area contributed by atoms with Crippen LogP contribution in [-0.4, -0.2) is 34.3 Å². The fourth-order valence-electron chi connectivity index (χ4n) is 2.18. The molecule has 0 aliphatic carbocycles. The number of nitro groups is 1. The van der Waals surface area contributed by atoms with Gasteiger partial charge in [0.15, 0.2) is 6.61 Å². The number of hydrogen-bond acceptors (Lipinski definition) is 9. The van der Waals surface area contributed by atoms with Crippen molar-refractivity contribution in [2.75, 3.05) is 14.2 Å². The maximum absolute atomic E-state index is 10.9. The first-order valence-electron chi connectivity index (χ1n) is 7.39. The van der Waals surface area contributed by atoms with Crippen LogP contribution in [0.2, 0.25) is 0 Å². The molecule has 0 radical (unpaired) electrons. The number of methoxy groups -OCH3 is 2. The quantitative estimate of drug-likeness (QED) is 0.463. The van der Waals surface area contributed by atoms with Crippen molar-refractivity contribution >= 4 is 5.82 Å². The Morgan fingerprint density at radius 3 is 2.77 bits per heavy atom. The van der Waals surface area contributed by atoms with Crippen LogP contribution < -0.4 is 14.2 Å². The van der Waals surface area contributed by atoms with Crippen LogP contribution in [0.1, 0.15) is 5.89 Å². The summed E-state index contributed by atoms with van der Waals surface area (Å²) in [5.41, 5.74) is 0.607. The number of pyridine rings is 1. The Bertz CT molecular complexity index is 927. The van der Waals surface area contributed by atoms with E-state index in [1.54, 1.807) is 25.3 Å². The number of ether oxygens (including phenoxy) is 3. The molecule has 26 heavy (non-hydrogen) atoms. The zero-order chi connectivity index (χ0) is 18.5. The third kappa shape index (κ3) is 3.53. The molecule has 0 aliphatic heterocycles. The predicted octanol–water partition coefficient (Wildman–Crippen LogP) is 2.64. The average molecular weight is 358 g/mol. The van der Waals surface area contributed by atoms with E-state index in [-0.39, 0.29) is 24.1 Å². The van der Waals surface area contributed by atoms with Crippen molar-refractivity contribution < 1.29 is 23.7 Å². The topological polar surface area (TPSA) is 123 Å². The van der Waals surface area contributed by atoms with Gasteiger partial charge < -0.3 is 28.8 Å². The van der Waals surface area contributed by atoms with Gasteiger partial charge in [0.25, 0.3) is 5.89 Å². The lowest BCUT2D eigenvalue weighted by atomic mass is 10.2. The van der Waals surface area contributed by atoms with Crippen molar-refractivity contribution in [3.63, 3.8) is 0 Å². The summed E-state index contributed by atoms with van der Waals surface area (Å²) in [6.45, 7) is -0.141. The van der Waals surface area contributed by atoms with Gasteiger partial charge in [-0.05, 0) is 34.2 Å². The highest BCUT2D eigenvalue weighted by molar-refractivity contribution is 5.65. The summed E-state index contributed by atoms with van der Waals surface area (Å²) in [5, 5.41) is 14.8. The van der Waals surface area contributed by atoms with E-state index in [0.717, 1.165) is 0 Å². The zero-order valence-corrected chi connectivity index (χ0v) is 13.9. The van der Waals surface area contributed by atoms with Gasteiger partial charge in [0, 0.05) is 6.07 Å². The Hall–Kier alpha value is -3.69. The molecule has 1 aromatic carbocycles. The van der Waals surface area contributed by atoms with Crippen LogP contribution in [0.3, 0.4) is 0 Å². The first kappa shape index (κ1) is 17.1. The summed E-state index contributed by atoms with van der Waals surface area (Å²) in [5.74, 6) is 1.21. The van der Waals surface area contributed by atoms with Crippen LogP contribution in [0, 0.1) is 10.1 Å². The Balaban J connectivity index is 1.78. The third-order valence-electron chi connectivity index (χ3n) is 3.39. The van der Waals surface area contributed by atoms with Gasteiger partial charge >= 0.3 is 5.82 Å². The molecule has 134 valence electrons. The molecule has 0 saturated carbocycles. The van der Waals surface area contributed by atoms with Crippen molar-refractivity contribution in [2.45, 2.75) is 6.61 Å². The minimum Gasteiger partial charge on any atom is -0.497 e. The van der Waals surface area contributed by atoms with E-state index in [0.29, 0.717) is 22.9 Å². The monoisotopic (exact) mass is 358 g/mol. The summed E-state index contributed by atoms with van der Waals surface area (Å²) in [7, 11) is 3.07. The fourth-order valence-corrected chi connectivity index (χ4v) is 2.18. The smallest absolute Gasteiger partial charge is 0.406 e. The molecule has 0 N–H and O–H groups in total. The Morgan fingerprint density at radius 1 is 1.19 bits per heavy atom. The van der Waals surface area contributed by atoms with Crippen LogP contribution >= 0.6 is 0 Å². The van der Waals surface area contributed by atoms with E-state index in [4.69, 9.17) is 18.7 Å². The maximum atomic E-state index is 10.9. The van der Waals surface area contributed by atoms with Gasteiger partial charge in [-0.25, -0.2) is 0 Å². The SMILES string of the molecule is COc1ccc(-c2noc(COc3cccnc3[N+](=O)[O-])n2)c(OC)c1. The van der Waals surface area contributed by atoms with Crippen molar-refractivity contribution in [3.05, 3.63) is 52.5 Å². The van der Waals surface area contributed by atoms with E-state index in [9.17, 15) is 10.1 Å². The van der Waals surface area contributed by atoms with E-state index in [2.05, 4.69) is 15.1 Å². The van der Waals surface area contributed by atoms with Crippen molar-refractivity contribution in [1.82, 2.24) is 15.1 Å². The summed E-state index contributed by atoms with van der Waals surface area (Å²) >= 11 is 0. The normalized spacial score (nSPS) is 10.4. The largest absolute Gasteiger partial charge is 0.497 e. The standard InChI is InChI=1S/C16H14N4O6/c1-23-10-5-6-11(13(8-10)24-2)15-18-14(26-19-15)9-25-12-4-3-7-17-16(12)20(21)22/h3-8H,9H2,1-2H3. The second-order valence-corrected chi connectivity index (χ2v) is 4.95. The summed E-state index contributed by atoms with van der Waals surface area (Å²) in [6, 6.07) is 8.14. The minimum atomic E-state index is -0.628. The molecule has 3 aromatic rings. The highest BCUT2D eigenvalue weighted by atomic mass is 16.6. The number of aromatic nitrogens is 3. The van der Waals surface area contributed by atoms with Crippen LogP contribution in [0.4, 0.5) is 5.82 Å². The van der Waals surface area contributed by atoms with Gasteiger partial charge in [-0.15, -0.1) is 0 Å². The van der Waals surface area contributed by atoms with Crippen molar-refractivity contribution in [3.8, 4) is 28.6 Å². The maximum Gasteiger partial charge on any atom is 0.406 e. The van der Waals surface area contributed by atoms with Gasteiger partial charge in [0.1, 0.15) is 17.7 Å². The highest BCUT2D eigenvalue weighted by Gasteiger charge is 2.18. The van der Waals surface area contributed by atoms with E-state index in [1.807, 2.05) is 0 Å². The summed E-state index contributed by atoms with van der Waals surface area (Å²) < 4.78 is 21.0. The van der Waals surface area contributed by atoms with E-state index >= 15 is 0 Å². The molecule has 0 fully saturated rings. The lowest BCUT2D eigenvalue weighted by Crippen LogP contribution is -2.00. The molecule has 10 nitrogen and oxygen atoms in total. The molecule has 2 heterocycles. The van der Waals surface area contributed by atoms with Gasteiger partial charge in [-0.1, -0.05) is 5.16 Å². The Morgan fingerprint density at radius 2 is 2.04 bits per heavy atom. The van der Waals surface area contributed by atoms with Crippen molar-refractivity contribution in [2.24, 2.45) is 0 Å². The van der Waals surface area contributed by atoms with Crippen LogP contribution in [0.5, 0.6) is 17.2 Å². The molecule has 0 atom stereocenters. The van der Waals surface area contributed by atoms with Gasteiger partial charge in [0.2, 0.25) is 11.6 Å². The summed E-state index contributed by atoms with van der Waals surface area (Å²) in [6.07, 6.45) is 1.31. The fraction of sp³-hybridized carbons (Fsp3) is 0.188. The van der Waals surface area contributed by atoms with Crippen molar-refractivity contribution in [1.29, 1.82) is 0 Å². The lowest BCUT2D eigenvalue weighted by Gasteiger charge is -2.07. The van der Waals surface area contributed by atoms with Crippen LogP contribution in [0.15, 0.2) is 41.1 Å². The van der Waals surface area contributed by atoms with Gasteiger partial charge in [0.05, 0.1) is 19.8 Å². The average Bonchev–Trinajstić information content (AvgIpc) is 3.14. The molecule has 0 bridgehead atoms. The highest BCUT2D eigenvalue weighted by Crippen LogP contribution is 2.31. The van der Waals surface area contributed by atoms with Crippen LogP contribution in [-0.2, 0) is 6.61 Å². The molecule has 0 amide bonds. The molecule has 0 aliphatic rings. The van der Waals surface area contributed by atoms with Gasteiger partial charge in [-0.2, -0.15) is 4.98 Å². The Labute approximate surface area is 147 Å². The predicted molar refractivity (Wildman–Crippen MR) is 88.1 cm³/mol. The Kier molecular flexibility index (Phi) is 4.92. The molecule has 0 spiro atoms. The molecule has 0 unspecified atom stereocenters. The first-order valence-corrected chi connectivity index (χ1v) is 7.39. The number of hydrogen-bond donors (Lipinski definition) is 0. The molecule has 3 rings (SSSR count). The number of nitrogens with zero attached hydrogens (tertiary/aromatic N) is 4. The molecular weight excluding hydrogens is 344 g/mol. The molecule has 10 heteroatoms. The lowest BCUT2D eigenvalue weighted by molar-refractivity contribution is -0.390. The second kappa shape index (κ2) is 7.47. The zero-order valence-electron chi connectivity index (χ0n) is 13.9. The molecular formula is C16H14N4O6. The van der Waals surface area contributed by atoms with Crippen LogP contribution in [0.25, 0.3) is 11.4 Å². The molecule has 2 aromatic heterocycles. The number of rotatable bonds is 7. The second-order valence-electron chi connectivity index (χ2n) is 4.95. The summed E-state index contributed by atoms with van der Waals surface area (Å²) in [4.78, 5) is 18.2. The van der Waals surface area contributed by atoms with E-state index < -0.39 is 4.92 Å². The first-order chi connectivity index (χ1) is 12.6. The molecule has 0 saturated heterocycles.